The van der Waals surface area contributed by atoms with Crippen molar-refractivity contribution in [2.45, 2.75) is 52.0 Å². The number of aryl methyl sites for hydroxylation is 2. The van der Waals surface area contributed by atoms with Gasteiger partial charge in [-0.05, 0) is 60.1 Å². The van der Waals surface area contributed by atoms with Crippen LogP contribution in [0.25, 0.3) is 11.1 Å². The van der Waals surface area contributed by atoms with Crippen molar-refractivity contribution in [3.8, 4) is 16.9 Å². The summed E-state index contributed by atoms with van der Waals surface area (Å²) in [6.07, 6.45) is 3.95. The predicted octanol–water partition coefficient (Wildman–Crippen LogP) is 4.55. The van der Waals surface area contributed by atoms with Crippen molar-refractivity contribution in [3.05, 3.63) is 53.6 Å². The lowest BCUT2D eigenvalue weighted by Gasteiger charge is -2.12. The molecule has 0 amide bonds. The molecule has 0 aliphatic carbocycles. The molecule has 0 saturated carbocycles. The molecule has 0 unspecified atom stereocenters. The summed E-state index contributed by atoms with van der Waals surface area (Å²) in [5, 5.41) is 0. The van der Waals surface area contributed by atoms with E-state index in [1.165, 1.54) is 22.3 Å². The van der Waals surface area contributed by atoms with Crippen molar-refractivity contribution in [2.24, 2.45) is 5.73 Å². The molecule has 0 saturated heterocycles. The summed E-state index contributed by atoms with van der Waals surface area (Å²) in [5.41, 5.74) is 10.9. The van der Waals surface area contributed by atoms with Crippen molar-refractivity contribution in [3.63, 3.8) is 0 Å². The Balaban J connectivity index is 2.06. The first-order valence-corrected chi connectivity index (χ1v) is 9.13. The summed E-state index contributed by atoms with van der Waals surface area (Å²) in [6, 6.07) is 14.4. The van der Waals surface area contributed by atoms with E-state index in [9.17, 15) is 4.79 Å². The van der Waals surface area contributed by atoms with Gasteiger partial charge in [0.2, 0.25) is 0 Å². The minimum Gasteiger partial charge on any atom is -0.497 e. The Morgan fingerprint density at radius 2 is 1.84 bits per heavy atom. The molecule has 0 aromatic heterocycles. The van der Waals surface area contributed by atoms with E-state index in [4.69, 9.17) is 10.5 Å². The molecule has 134 valence electrons. The standard InChI is InChI=1S/C22H29NO2/c1-4-6-22(24)21(23)14-9-16-7-10-18(11-8-16)20-13-12-19(25-3)15-17(20)5-2/h7-8,10-13,15,21H,4-6,9,14,23H2,1-3H3/t21-/m0/s1. The van der Waals surface area contributed by atoms with E-state index in [1.807, 2.05) is 13.0 Å². The Morgan fingerprint density at radius 3 is 2.44 bits per heavy atom. The fourth-order valence-electron chi connectivity index (χ4n) is 3.04. The van der Waals surface area contributed by atoms with Gasteiger partial charge in [0.25, 0.3) is 0 Å². The van der Waals surface area contributed by atoms with E-state index in [0.29, 0.717) is 12.8 Å². The number of hydrogen-bond donors (Lipinski definition) is 1. The molecule has 3 nitrogen and oxygen atoms in total. The predicted molar refractivity (Wildman–Crippen MR) is 104 cm³/mol. The highest BCUT2D eigenvalue weighted by atomic mass is 16.5. The second-order valence-corrected chi connectivity index (χ2v) is 6.44. The number of ether oxygens (including phenoxy) is 1. The van der Waals surface area contributed by atoms with Crippen molar-refractivity contribution in [2.75, 3.05) is 7.11 Å². The second-order valence-electron chi connectivity index (χ2n) is 6.44. The van der Waals surface area contributed by atoms with Crippen LogP contribution in [0.2, 0.25) is 0 Å². The average molecular weight is 339 g/mol. The quantitative estimate of drug-likeness (QED) is 0.729. The largest absolute Gasteiger partial charge is 0.497 e. The van der Waals surface area contributed by atoms with Gasteiger partial charge in [0.05, 0.1) is 13.2 Å². The van der Waals surface area contributed by atoms with Crippen LogP contribution in [0.3, 0.4) is 0 Å². The fourth-order valence-corrected chi connectivity index (χ4v) is 3.04. The summed E-state index contributed by atoms with van der Waals surface area (Å²) < 4.78 is 5.32. The lowest BCUT2D eigenvalue weighted by Crippen LogP contribution is -2.30. The summed E-state index contributed by atoms with van der Waals surface area (Å²) in [5.74, 6) is 1.06. The first kappa shape index (κ1) is 19.2. The third kappa shape index (κ3) is 5.17. The number of ketones is 1. The Kier molecular flexibility index (Phi) is 7.20. The number of hydrogen-bond acceptors (Lipinski definition) is 3. The van der Waals surface area contributed by atoms with Gasteiger partial charge in [-0.2, -0.15) is 0 Å². The number of nitrogens with two attached hydrogens (primary N) is 1. The molecule has 2 rings (SSSR count). The molecule has 2 N–H and O–H groups in total. The topological polar surface area (TPSA) is 52.3 Å². The molecule has 2 aromatic carbocycles. The highest BCUT2D eigenvalue weighted by Crippen LogP contribution is 2.28. The minimum absolute atomic E-state index is 0.171. The maximum Gasteiger partial charge on any atom is 0.149 e. The Bertz CT molecular complexity index is 692. The van der Waals surface area contributed by atoms with Crippen LogP contribution in [0.15, 0.2) is 42.5 Å². The first-order chi connectivity index (χ1) is 12.1. The van der Waals surface area contributed by atoms with Gasteiger partial charge in [-0.3, -0.25) is 4.79 Å². The van der Waals surface area contributed by atoms with Crippen LogP contribution in [0.1, 0.15) is 44.2 Å². The highest BCUT2D eigenvalue weighted by molar-refractivity contribution is 5.83. The normalized spacial score (nSPS) is 12.0. The molecule has 3 heteroatoms. The van der Waals surface area contributed by atoms with E-state index >= 15 is 0 Å². The van der Waals surface area contributed by atoms with Gasteiger partial charge in [0, 0.05) is 6.42 Å². The molecule has 0 aliphatic rings. The van der Waals surface area contributed by atoms with Crippen LogP contribution >= 0.6 is 0 Å². The molecular formula is C22H29NO2. The monoisotopic (exact) mass is 339 g/mol. The van der Waals surface area contributed by atoms with Crippen LogP contribution in [-0.2, 0) is 17.6 Å². The second kappa shape index (κ2) is 9.38. The Morgan fingerprint density at radius 1 is 1.12 bits per heavy atom. The Labute approximate surface area is 151 Å². The van der Waals surface area contributed by atoms with Gasteiger partial charge in [0.1, 0.15) is 11.5 Å². The zero-order valence-corrected chi connectivity index (χ0v) is 15.5. The minimum atomic E-state index is -0.340. The first-order valence-electron chi connectivity index (χ1n) is 9.13. The van der Waals surface area contributed by atoms with E-state index in [2.05, 4.69) is 43.3 Å². The molecule has 0 spiro atoms. The van der Waals surface area contributed by atoms with Gasteiger partial charge in [-0.25, -0.2) is 0 Å². The SMILES string of the molecule is CCCC(=O)[C@@H](N)CCc1ccc(-c2ccc(OC)cc2CC)cc1. The lowest BCUT2D eigenvalue weighted by atomic mass is 9.95. The summed E-state index contributed by atoms with van der Waals surface area (Å²) in [4.78, 5) is 11.8. The molecule has 0 fully saturated rings. The molecule has 0 aliphatic heterocycles. The molecule has 0 bridgehead atoms. The lowest BCUT2D eigenvalue weighted by molar-refractivity contribution is -0.120. The maximum absolute atomic E-state index is 11.8. The van der Waals surface area contributed by atoms with E-state index in [1.54, 1.807) is 7.11 Å². The average Bonchev–Trinajstić information content (AvgIpc) is 2.66. The zero-order chi connectivity index (χ0) is 18.2. The number of carbonyl (C=O) groups is 1. The van der Waals surface area contributed by atoms with Crippen LogP contribution in [0.4, 0.5) is 0 Å². The summed E-state index contributed by atoms with van der Waals surface area (Å²) in [7, 11) is 1.69. The third-order valence-electron chi connectivity index (χ3n) is 4.61. The number of rotatable bonds is 9. The van der Waals surface area contributed by atoms with Gasteiger partial charge in [-0.15, -0.1) is 0 Å². The van der Waals surface area contributed by atoms with Crippen LogP contribution < -0.4 is 10.5 Å². The third-order valence-corrected chi connectivity index (χ3v) is 4.61. The number of methoxy groups -OCH3 is 1. The number of Topliss-reactive ketones (excluding diaryl/α,β-unsaturated/α-hetero) is 1. The van der Waals surface area contributed by atoms with Crippen LogP contribution in [0.5, 0.6) is 5.75 Å². The molecule has 1 atom stereocenters. The number of benzene rings is 2. The zero-order valence-electron chi connectivity index (χ0n) is 15.5. The maximum atomic E-state index is 11.8. The van der Waals surface area contributed by atoms with Crippen molar-refractivity contribution < 1.29 is 9.53 Å². The van der Waals surface area contributed by atoms with Gasteiger partial charge >= 0.3 is 0 Å². The van der Waals surface area contributed by atoms with Gasteiger partial charge in [0.15, 0.2) is 0 Å². The summed E-state index contributed by atoms with van der Waals surface area (Å²) >= 11 is 0. The molecular weight excluding hydrogens is 310 g/mol. The molecule has 25 heavy (non-hydrogen) atoms. The van der Waals surface area contributed by atoms with E-state index in [-0.39, 0.29) is 11.8 Å². The smallest absolute Gasteiger partial charge is 0.149 e. The van der Waals surface area contributed by atoms with Crippen molar-refractivity contribution >= 4 is 5.78 Å². The van der Waals surface area contributed by atoms with Crippen molar-refractivity contribution in [1.29, 1.82) is 0 Å². The fraction of sp³-hybridized carbons (Fsp3) is 0.409. The van der Waals surface area contributed by atoms with E-state index in [0.717, 1.165) is 25.0 Å². The summed E-state index contributed by atoms with van der Waals surface area (Å²) in [6.45, 7) is 4.16. The van der Waals surface area contributed by atoms with Gasteiger partial charge in [-0.1, -0.05) is 44.2 Å². The van der Waals surface area contributed by atoms with Gasteiger partial charge < -0.3 is 10.5 Å². The van der Waals surface area contributed by atoms with E-state index < -0.39 is 0 Å². The molecule has 0 radical (unpaired) electrons. The molecule has 0 heterocycles. The Hall–Kier alpha value is -2.13. The van der Waals surface area contributed by atoms with Crippen LogP contribution in [0, 0.1) is 0 Å². The van der Waals surface area contributed by atoms with Crippen LogP contribution in [-0.4, -0.2) is 18.9 Å². The molecule has 2 aromatic rings. The highest BCUT2D eigenvalue weighted by Gasteiger charge is 2.12. The van der Waals surface area contributed by atoms with Crippen molar-refractivity contribution in [1.82, 2.24) is 0 Å². The number of carbonyl (C=O) groups excluding carboxylic acids is 1.